The van der Waals surface area contributed by atoms with Crippen molar-refractivity contribution in [2.24, 2.45) is 0 Å². The van der Waals surface area contributed by atoms with Gasteiger partial charge in [0.2, 0.25) is 0 Å². The highest BCUT2D eigenvalue weighted by molar-refractivity contribution is 6.63. The number of fused-ring (bicyclic) bond motifs is 8. The fourth-order valence-electron chi connectivity index (χ4n) is 9.69. The molecule has 4 heterocycles. The molecule has 61 heavy (non-hydrogen) atoms. The van der Waals surface area contributed by atoms with Gasteiger partial charge in [-0.2, -0.15) is 0 Å². The van der Waals surface area contributed by atoms with Crippen molar-refractivity contribution in [3.05, 3.63) is 120 Å². The van der Waals surface area contributed by atoms with Crippen LogP contribution in [0.4, 0.5) is 0 Å². The maximum Gasteiger partial charge on any atom is 0.494 e. The van der Waals surface area contributed by atoms with E-state index in [1.165, 1.54) is 96.1 Å². The van der Waals surface area contributed by atoms with E-state index < -0.39 is 36.6 Å². The van der Waals surface area contributed by atoms with Crippen molar-refractivity contribution in [2.45, 2.75) is 124 Å². The third kappa shape index (κ3) is 6.39. The number of hydrogen-bond donors (Lipinski definition) is 0. The number of unbranched alkanes of at least 4 members (excludes halogenated alkanes) is 3. The van der Waals surface area contributed by atoms with Crippen LogP contribution in [0.25, 0.3) is 65.8 Å². The maximum atomic E-state index is 6.59. The van der Waals surface area contributed by atoms with Crippen LogP contribution in [0.1, 0.15) is 99.1 Å². The molecule has 0 atom stereocenters. The SMILES string of the molecule is CCCCCCc1cc(-n2c3ccc(B4OC(C)(C)C(C)(C)O4)cc3c3c4ccccc4ccc32)c(C)cc1-n1c2ccccc2c2cc(B3OC(C)(C)C(C)(C)O3)ccc21. The molecule has 2 aliphatic heterocycles. The number of rotatable bonds is 9. The number of para-hydroxylation sites is 1. The summed E-state index contributed by atoms with van der Waals surface area (Å²) in [6.45, 7) is 21.5. The Bertz CT molecular complexity index is 3000. The summed E-state index contributed by atoms with van der Waals surface area (Å²) in [5.41, 5.74) is 10.2. The largest absolute Gasteiger partial charge is 0.494 e. The molecule has 2 aliphatic rings. The Morgan fingerprint density at radius 2 is 1.00 bits per heavy atom. The van der Waals surface area contributed by atoms with Crippen molar-refractivity contribution in [1.29, 1.82) is 0 Å². The highest BCUT2D eigenvalue weighted by atomic mass is 16.7. The fourth-order valence-corrected chi connectivity index (χ4v) is 9.69. The van der Waals surface area contributed by atoms with Gasteiger partial charge in [-0.1, -0.05) is 99.0 Å². The maximum absolute atomic E-state index is 6.59. The van der Waals surface area contributed by atoms with Crippen LogP contribution in [0.3, 0.4) is 0 Å². The van der Waals surface area contributed by atoms with Gasteiger partial charge in [0.05, 0.1) is 44.5 Å². The summed E-state index contributed by atoms with van der Waals surface area (Å²) in [5, 5.41) is 7.35. The van der Waals surface area contributed by atoms with Gasteiger partial charge in [0.1, 0.15) is 0 Å². The first-order chi connectivity index (χ1) is 29.1. The van der Waals surface area contributed by atoms with Gasteiger partial charge in [-0.15, -0.1) is 0 Å². The van der Waals surface area contributed by atoms with Gasteiger partial charge in [0, 0.05) is 32.9 Å². The minimum Gasteiger partial charge on any atom is -0.399 e. The molecule has 8 heteroatoms. The van der Waals surface area contributed by atoms with Crippen LogP contribution in [0.15, 0.2) is 109 Å². The molecule has 10 rings (SSSR count). The molecule has 0 radical (unpaired) electrons. The molecule has 0 aliphatic carbocycles. The topological polar surface area (TPSA) is 46.8 Å². The molecule has 6 aromatic carbocycles. The predicted molar refractivity (Wildman–Crippen MR) is 257 cm³/mol. The molecular formula is C53H58B2N2O4. The minimum absolute atomic E-state index is 0.411. The first kappa shape index (κ1) is 40.2. The predicted octanol–water partition coefficient (Wildman–Crippen LogP) is 12.1. The van der Waals surface area contributed by atoms with E-state index in [9.17, 15) is 0 Å². The molecule has 0 unspecified atom stereocenters. The molecule has 0 saturated carbocycles. The average Bonchev–Trinajstić information content (AvgIpc) is 3.88. The molecule has 6 nitrogen and oxygen atoms in total. The summed E-state index contributed by atoms with van der Waals surface area (Å²) in [6.07, 6.45) is 5.74. The van der Waals surface area contributed by atoms with Gasteiger partial charge < -0.3 is 27.8 Å². The summed E-state index contributed by atoms with van der Waals surface area (Å²) in [5.74, 6) is 0. The van der Waals surface area contributed by atoms with E-state index in [1.807, 2.05) is 0 Å². The normalized spacial score (nSPS) is 18.2. The van der Waals surface area contributed by atoms with Crippen LogP contribution in [-0.4, -0.2) is 45.8 Å². The van der Waals surface area contributed by atoms with Crippen LogP contribution in [-0.2, 0) is 25.0 Å². The van der Waals surface area contributed by atoms with E-state index in [-0.39, 0.29) is 0 Å². The van der Waals surface area contributed by atoms with Gasteiger partial charge in [0.15, 0.2) is 0 Å². The number of hydrogen-bond acceptors (Lipinski definition) is 4. The third-order valence-corrected chi connectivity index (χ3v) is 14.6. The lowest BCUT2D eigenvalue weighted by Crippen LogP contribution is -2.41. The van der Waals surface area contributed by atoms with Crippen LogP contribution in [0.2, 0.25) is 0 Å². The zero-order valence-electron chi connectivity index (χ0n) is 37.6. The number of benzene rings is 6. The second kappa shape index (κ2) is 14.4. The number of aryl methyl sites for hydroxylation is 2. The quantitative estimate of drug-likeness (QED) is 0.108. The van der Waals surface area contributed by atoms with E-state index >= 15 is 0 Å². The summed E-state index contributed by atoms with van der Waals surface area (Å²) in [6, 6.07) is 40.7. The highest BCUT2D eigenvalue weighted by Gasteiger charge is 2.53. The second-order valence-electron chi connectivity index (χ2n) is 19.7. The average molecular weight is 809 g/mol. The Kier molecular flexibility index (Phi) is 9.47. The summed E-state index contributed by atoms with van der Waals surface area (Å²) in [7, 11) is -0.874. The Morgan fingerprint density at radius 3 is 1.64 bits per heavy atom. The molecule has 310 valence electrons. The Morgan fingerprint density at radius 1 is 0.475 bits per heavy atom. The molecule has 0 amide bonds. The van der Waals surface area contributed by atoms with Crippen LogP contribution in [0, 0.1) is 6.92 Å². The molecule has 2 aromatic heterocycles. The smallest absolute Gasteiger partial charge is 0.399 e. The third-order valence-electron chi connectivity index (χ3n) is 14.6. The summed E-state index contributed by atoms with van der Waals surface area (Å²) in [4.78, 5) is 0. The molecule has 0 N–H and O–H groups in total. The van der Waals surface area contributed by atoms with Crippen LogP contribution >= 0.6 is 0 Å². The Hall–Kier alpha value is -4.85. The first-order valence-corrected chi connectivity index (χ1v) is 22.4. The fraction of sp³-hybridized carbons (Fsp3) is 0.358. The Labute approximate surface area is 361 Å². The van der Waals surface area contributed by atoms with Crippen molar-refractivity contribution in [2.75, 3.05) is 0 Å². The van der Waals surface area contributed by atoms with Crippen LogP contribution < -0.4 is 10.9 Å². The molecular weight excluding hydrogens is 750 g/mol. The van der Waals surface area contributed by atoms with Crippen molar-refractivity contribution >= 4 is 79.5 Å². The van der Waals surface area contributed by atoms with E-state index in [4.69, 9.17) is 18.6 Å². The zero-order valence-corrected chi connectivity index (χ0v) is 37.6. The van der Waals surface area contributed by atoms with E-state index in [0.717, 1.165) is 23.8 Å². The molecule has 8 aromatic rings. The number of aromatic nitrogens is 2. The standard InChI is InChI=1S/C53H58B2N2O4/c1-11-12-13-14-20-36-31-47(34(2)30-48(36)56-43-23-18-17-22-40(43)41-32-37(25-28-44(41)56)54-58-50(3,4)51(5,6)59-54)57-45-29-26-38(55-60-52(7,8)53(9,10)61-55)33-42(45)49-39-21-16-15-19-35(39)24-27-46(49)57/h15-19,21-33H,11-14,20H2,1-10H3. The van der Waals surface area contributed by atoms with Crippen molar-refractivity contribution < 1.29 is 18.6 Å². The van der Waals surface area contributed by atoms with Gasteiger partial charge in [0.25, 0.3) is 0 Å². The van der Waals surface area contributed by atoms with Crippen molar-refractivity contribution in [1.82, 2.24) is 9.13 Å². The highest BCUT2D eigenvalue weighted by Crippen LogP contribution is 2.42. The van der Waals surface area contributed by atoms with Crippen molar-refractivity contribution in [3.8, 4) is 11.4 Å². The van der Waals surface area contributed by atoms with Gasteiger partial charge in [-0.3, -0.25) is 0 Å². The van der Waals surface area contributed by atoms with Gasteiger partial charge >= 0.3 is 14.2 Å². The lowest BCUT2D eigenvalue weighted by Gasteiger charge is -2.32. The lowest BCUT2D eigenvalue weighted by atomic mass is 9.78. The monoisotopic (exact) mass is 808 g/mol. The van der Waals surface area contributed by atoms with E-state index in [1.54, 1.807) is 0 Å². The molecule has 2 fully saturated rings. The van der Waals surface area contributed by atoms with Gasteiger partial charge in [-0.05, 0) is 144 Å². The Balaban J connectivity index is 1.17. The second-order valence-corrected chi connectivity index (χ2v) is 19.7. The molecule has 2 saturated heterocycles. The number of nitrogens with zero attached hydrogens (tertiary/aromatic N) is 2. The summed E-state index contributed by atoms with van der Waals surface area (Å²) >= 11 is 0. The minimum atomic E-state index is -0.447. The lowest BCUT2D eigenvalue weighted by molar-refractivity contribution is 0.00578. The van der Waals surface area contributed by atoms with E-state index in [2.05, 4.69) is 188 Å². The first-order valence-electron chi connectivity index (χ1n) is 22.4. The van der Waals surface area contributed by atoms with Crippen LogP contribution in [0.5, 0.6) is 0 Å². The van der Waals surface area contributed by atoms with Gasteiger partial charge in [-0.25, -0.2) is 0 Å². The summed E-state index contributed by atoms with van der Waals surface area (Å²) < 4.78 is 31.3. The molecule has 0 bridgehead atoms. The molecule has 0 spiro atoms. The van der Waals surface area contributed by atoms with Crippen molar-refractivity contribution in [3.63, 3.8) is 0 Å². The zero-order chi connectivity index (χ0) is 42.6. The van der Waals surface area contributed by atoms with E-state index in [0.29, 0.717) is 0 Å².